The fourth-order valence-corrected chi connectivity index (χ4v) is 1.23. The van der Waals surface area contributed by atoms with Crippen molar-refractivity contribution < 1.29 is 22.8 Å². The molecule has 0 aliphatic rings. The van der Waals surface area contributed by atoms with Crippen molar-refractivity contribution in [3.63, 3.8) is 0 Å². The molecule has 0 radical (unpaired) electrons. The number of carbonyl (C=O) groups excluding carboxylic acids is 1. The smallest absolute Gasteiger partial charge is 0.354 e. The predicted octanol–water partition coefficient (Wildman–Crippen LogP) is 1.98. The van der Waals surface area contributed by atoms with Gasteiger partial charge in [-0.2, -0.15) is 13.2 Å². The largest absolute Gasteiger partial charge is 0.432 e. The zero-order valence-electron chi connectivity index (χ0n) is 8.97. The van der Waals surface area contributed by atoms with Crippen molar-refractivity contribution in [1.29, 1.82) is 0 Å². The van der Waals surface area contributed by atoms with Crippen LogP contribution in [0.4, 0.5) is 13.2 Å². The number of hydrogen-bond donors (Lipinski definition) is 1. The number of nitrogens with one attached hydrogen (secondary N) is 1. The molecule has 1 aromatic rings. The molecule has 1 aromatic heterocycles. The predicted molar refractivity (Wildman–Crippen MR) is 49.6 cm³/mol. The number of H-pyrrole nitrogens is 1. The minimum Gasteiger partial charge on any atom is -0.354 e. The van der Waals surface area contributed by atoms with Crippen LogP contribution in [0.3, 0.4) is 0 Å². The topological polar surface area (TPSA) is 45.3 Å². The van der Waals surface area contributed by atoms with E-state index in [4.69, 9.17) is 0 Å². The van der Waals surface area contributed by atoms with Gasteiger partial charge in [-0.05, 0) is 13.0 Å². The molecular weight excluding hydrogens is 225 g/mol. The van der Waals surface area contributed by atoms with Crippen LogP contribution in [0.5, 0.6) is 0 Å². The Bertz CT molecular complexity index is 398. The summed E-state index contributed by atoms with van der Waals surface area (Å²) in [5.74, 6) is -0.848. The number of hydrogen-bond acceptors (Lipinski definition) is 2. The van der Waals surface area contributed by atoms with Crippen molar-refractivity contribution in [3.05, 3.63) is 23.0 Å². The molecule has 0 bridgehead atoms. The Kier molecular flexibility index (Phi) is 3.27. The van der Waals surface area contributed by atoms with Gasteiger partial charge in [0.2, 0.25) is 0 Å². The Labute approximate surface area is 90.0 Å². The quantitative estimate of drug-likeness (QED) is 0.798. The highest BCUT2D eigenvalue weighted by molar-refractivity contribution is 5.95. The Morgan fingerprint density at radius 3 is 2.50 bits per heavy atom. The second kappa shape index (κ2) is 4.17. The number of aromatic nitrogens is 1. The molecule has 0 unspecified atom stereocenters. The number of amides is 1. The second-order valence-corrected chi connectivity index (χ2v) is 3.22. The number of nitrogens with zero attached hydrogens (tertiary/aromatic N) is 1. The summed E-state index contributed by atoms with van der Waals surface area (Å²) in [4.78, 5) is 18.2. The molecule has 1 N–H and O–H groups in total. The minimum atomic E-state index is -4.59. The molecule has 0 atom stereocenters. The van der Waals surface area contributed by atoms with Crippen molar-refractivity contribution in [2.24, 2.45) is 0 Å². The third-order valence-electron chi connectivity index (χ3n) is 2.03. The molecule has 1 rings (SSSR count). The summed E-state index contributed by atoms with van der Waals surface area (Å²) in [6.07, 6.45) is -4.59. The van der Waals surface area contributed by atoms with Crippen LogP contribution in [0.2, 0.25) is 0 Å². The molecule has 0 saturated heterocycles. The van der Waals surface area contributed by atoms with Crippen LogP contribution in [-0.4, -0.2) is 30.1 Å². The van der Waals surface area contributed by atoms with Crippen LogP contribution in [0.25, 0.3) is 0 Å². The molecule has 4 nitrogen and oxygen atoms in total. The zero-order chi connectivity index (χ0) is 12.5. The second-order valence-electron chi connectivity index (χ2n) is 3.22. The van der Waals surface area contributed by atoms with Gasteiger partial charge in [0.05, 0.1) is 12.7 Å². The van der Waals surface area contributed by atoms with Gasteiger partial charge in [-0.15, -0.1) is 0 Å². The molecule has 0 aliphatic carbocycles. The van der Waals surface area contributed by atoms with E-state index in [0.29, 0.717) is 0 Å². The molecule has 0 spiro atoms. The first-order chi connectivity index (χ1) is 7.27. The van der Waals surface area contributed by atoms with Crippen molar-refractivity contribution >= 4 is 5.91 Å². The van der Waals surface area contributed by atoms with Gasteiger partial charge in [0.25, 0.3) is 5.91 Å². The van der Waals surface area contributed by atoms with Crippen LogP contribution in [0, 0.1) is 6.92 Å². The van der Waals surface area contributed by atoms with E-state index in [1.54, 1.807) is 0 Å². The molecule has 0 aliphatic heterocycles. The summed E-state index contributed by atoms with van der Waals surface area (Å²) in [6.45, 7) is 1.44. The van der Waals surface area contributed by atoms with E-state index in [2.05, 4.69) is 9.82 Å². The van der Waals surface area contributed by atoms with Gasteiger partial charge in [0.1, 0.15) is 5.69 Å². The Morgan fingerprint density at radius 1 is 1.50 bits per heavy atom. The lowest BCUT2D eigenvalue weighted by atomic mass is 10.2. The summed E-state index contributed by atoms with van der Waals surface area (Å²) in [7, 11) is 2.44. The molecule has 1 heterocycles. The molecule has 0 aromatic carbocycles. The van der Waals surface area contributed by atoms with Crippen LogP contribution in [0.15, 0.2) is 6.07 Å². The summed E-state index contributed by atoms with van der Waals surface area (Å²) in [5.41, 5.74) is -1.24. The van der Waals surface area contributed by atoms with E-state index in [0.717, 1.165) is 11.1 Å². The maximum atomic E-state index is 12.5. The highest BCUT2D eigenvalue weighted by Crippen LogP contribution is 2.32. The lowest BCUT2D eigenvalue weighted by Gasteiger charge is -2.14. The first-order valence-electron chi connectivity index (χ1n) is 4.36. The van der Waals surface area contributed by atoms with E-state index < -0.39 is 23.3 Å². The van der Waals surface area contributed by atoms with Gasteiger partial charge >= 0.3 is 6.18 Å². The summed E-state index contributed by atoms with van der Waals surface area (Å²) in [5, 5.41) is 0.734. The lowest BCUT2D eigenvalue weighted by Crippen LogP contribution is -2.27. The summed E-state index contributed by atoms with van der Waals surface area (Å²) < 4.78 is 37.6. The van der Waals surface area contributed by atoms with Crippen molar-refractivity contribution in [3.8, 4) is 0 Å². The number of rotatable bonds is 2. The fraction of sp³-hybridized carbons (Fsp3) is 0.444. The number of halogens is 3. The Hall–Kier alpha value is -1.50. The number of aryl methyl sites for hydroxylation is 1. The number of carbonyl (C=O) groups is 1. The molecule has 1 amide bonds. The average Bonchev–Trinajstić information content (AvgIpc) is 2.57. The van der Waals surface area contributed by atoms with E-state index in [1.807, 2.05) is 0 Å². The summed E-state index contributed by atoms with van der Waals surface area (Å²) in [6, 6.07) is 1.14. The fourth-order valence-electron chi connectivity index (χ4n) is 1.23. The maximum Gasteiger partial charge on any atom is 0.432 e. The third-order valence-corrected chi connectivity index (χ3v) is 2.03. The van der Waals surface area contributed by atoms with Gasteiger partial charge in [0, 0.05) is 12.7 Å². The molecule has 0 fully saturated rings. The molecule has 16 heavy (non-hydrogen) atoms. The Balaban J connectivity index is 3.19. The SMILES string of the molecule is CON(C)C(=O)c1cc(C)[nH]c1C(F)(F)F. The average molecular weight is 236 g/mol. The van der Waals surface area contributed by atoms with Gasteiger partial charge in [-0.3, -0.25) is 9.63 Å². The van der Waals surface area contributed by atoms with Crippen molar-refractivity contribution in [2.75, 3.05) is 14.2 Å². The monoisotopic (exact) mass is 236 g/mol. The van der Waals surface area contributed by atoms with Gasteiger partial charge < -0.3 is 4.98 Å². The van der Waals surface area contributed by atoms with Crippen molar-refractivity contribution in [1.82, 2.24) is 10.0 Å². The van der Waals surface area contributed by atoms with E-state index in [1.165, 1.54) is 21.1 Å². The molecule has 7 heteroatoms. The first kappa shape index (κ1) is 12.6. The highest BCUT2D eigenvalue weighted by atomic mass is 19.4. The molecular formula is C9H11F3N2O2. The Morgan fingerprint density at radius 2 is 2.06 bits per heavy atom. The molecule has 0 saturated carbocycles. The van der Waals surface area contributed by atoms with E-state index in [-0.39, 0.29) is 5.69 Å². The highest BCUT2D eigenvalue weighted by Gasteiger charge is 2.38. The normalized spacial score (nSPS) is 11.6. The van der Waals surface area contributed by atoms with Crippen LogP contribution in [0.1, 0.15) is 21.7 Å². The molecule has 90 valence electrons. The zero-order valence-corrected chi connectivity index (χ0v) is 8.97. The number of hydroxylamine groups is 2. The van der Waals surface area contributed by atoms with Crippen LogP contribution < -0.4 is 0 Å². The third kappa shape index (κ3) is 2.35. The first-order valence-corrected chi connectivity index (χ1v) is 4.36. The van der Waals surface area contributed by atoms with Gasteiger partial charge in [-0.25, -0.2) is 5.06 Å². The van der Waals surface area contributed by atoms with Gasteiger partial charge in [0.15, 0.2) is 0 Å². The number of aromatic amines is 1. The maximum absolute atomic E-state index is 12.5. The lowest BCUT2D eigenvalue weighted by molar-refractivity contribution is -0.141. The standard InChI is InChI=1S/C9H11F3N2O2/c1-5-4-6(8(15)14(2)16-3)7(13-5)9(10,11)12/h4,13H,1-3H3. The van der Waals surface area contributed by atoms with E-state index in [9.17, 15) is 18.0 Å². The van der Waals surface area contributed by atoms with Crippen LogP contribution >= 0.6 is 0 Å². The van der Waals surface area contributed by atoms with E-state index >= 15 is 0 Å². The van der Waals surface area contributed by atoms with Gasteiger partial charge in [-0.1, -0.05) is 0 Å². The number of alkyl halides is 3. The minimum absolute atomic E-state index is 0.264. The van der Waals surface area contributed by atoms with Crippen LogP contribution in [-0.2, 0) is 11.0 Å². The summed E-state index contributed by atoms with van der Waals surface area (Å²) >= 11 is 0. The van der Waals surface area contributed by atoms with Crippen molar-refractivity contribution in [2.45, 2.75) is 13.1 Å².